The molecule has 0 aliphatic carbocycles. The normalized spacial score (nSPS) is 21.5. The van der Waals surface area contributed by atoms with Crippen molar-refractivity contribution in [3.8, 4) is 10.4 Å². The Hall–Kier alpha value is -4.16. The van der Waals surface area contributed by atoms with Crippen LogP contribution in [0.5, 0.6) is 0 Å². The Morgan fingerprint density at radius 2 is 1.37 bits per heavy atom. The molecule has 9 nitrogen and oxygen atoms in total. The van der Waals surface area contributed by atoms with Gasteiger partial charge >= 0.3 is 23.9 Å². The van der Waals surface area contributed by atoms with E-state index in [1.165, 1.54) is 24.3 Å². The minimum Gasteiger partial charge on any atom is -0.455 e. The molecule has 228 valence electrons. The third kappa shape index (κ3) is 7.82. The van der Waals surface area contributed by atoms with E-state index in [-0.39, 0.29) is 0 Å². The van der Waals surface area contributed by atoms with E-state index in [1.807, 2.05) is 31.2 Å². The minimum atomic E-state index is -1.48. The molecule has 1 aliphatic rings. The number of halogens is 2. The molecular formula is C31H30F2O9S. The van der Waals surface area contributed by atoms with Gasteiger partial charge in [0.05, 0.1) is 0 Å². The van der Waals surface area contributed by atoms with Gasteiger partial charge in [-0.3, -0.25) is 19.2 Å². The Bertz CT molecular complexity index is 1540. The molecule has 1 saturated heterocycles. The van der Waals surface area contributed by atoms with Gasteiger partial charge in [-0.1, -0.05) is 24.3 Å². The van der Waals surface area contributed by atoms with Crippen LogP contribution in [0.25, 0.3) is 10.4 Å². The van der Waals surface area contributed by atoms with Gasteiger partial charge in [-0.25, -0.2) is 8.78 Å². The topological polar surface area (TPSA) is 114 Å². The molecule has 43 heavy (non-hydrogen) atoms. The zero-order valence-electron chi connectivity index (χ0n) is 24.1. The van der Waals surface area contributed by atoms with Crippen molar-refractivity contribution in [2.45, 2.75) is 71.7 Å². The van der Waals surface area contributed by atoms with Crippen molar-refractivity contribution < 1.29 is 51.6 Å². The SMILES string of the molecule is CC(=O)OC1[C@@H](OC(C)=O)C(c2ccc(C)c(Cc3ccc(-c4ccc(F)c(F)c4)s3)c2)O[C@H](OC(C)=O)[C@H]1OC(C)=O. The highest BCUT2D eigenvalue weighted by atomic mass is 32.1. The molecule has 0 amide bonds. The Kier molecular flexibility index (Phi) is 9.92. The van der Waals surface area contributed by atoms with Crippen LogP contribution in [-0.4, -0.2) is 48.5 Å². The van der Waals surface area contributed by atoms with Crippen LogP contribution < -0.4 is 0 Å². The molecule has 0 spiro atoms. The zero-order chi connectivity index (χ0) is 31.4. The molecule has 4 rings (SSSR count). The van der Waals surface area contributed by atoms with Crippen molar-refractivity contribution in [3.05, 3.63) is 81.7 Å². The third-order valence-corrected chi connectivity index (χ3v) is 7.75. The number of hydrogen-bond acceptors (Lipinski definition) is 10. The molecular weight excluding hydrogens is 586 g/mol. The summed E-state index contributed by atoms with van der Waals surface area (Å²) >= 11 is 1.42. The van der Waals surface area contributed by atoms with Gasteiger partial charge in [0.2, 0.25) is 12.4 Å². The van der Waals surface area contributed by atoms with E-state index in [4.69, 9.17) is 23.7 Å². The van der Waals surface area contributed by atoms with Crippen molar-refractivity contribution in [1.82, 2.24) is 0 Å². The van der Waals surface area contributed by atoms with Gasteiger partial charge in [-0.05, 0) is 53.4 Å². The molecule has 5 atom stereocenters. The number of benzene rings is 2. The molecule has 2 heterocycles. The van der Waals surface area contributed by atoms with E-state index in [0.717, 1.165) is 53.8 Å². The molecule has 2 aromatic carbocycles. The lowest BCUT2D eigenvalue weighted by atomic mass is 9.90. The van der Waals surface area contributed by atoms with Crippen LogP contribution in [-0.2, 0) is 49.3 Å². The fourth-order valence-electron chi connectivity index (χ4n) is 4.82. The first kappa shape index (κ1) is 31.8. The van der Waals surface area contributed by atoms with E-state index in [1.54, 1.807) is 6.07 Å². The molecule has 0 saturated carbocycles. The van der Waals surface area contributed by atoms with Crippen molar-refractivity contribution in [2.24, 2.45) is 0 Å². The van der Waals surface area contributed by atoms with E-state index >= 15 is 0 Å². The average molecular weight is 617 g/mol. The average Bonchev–Trinajstić information content (AvgIpc) is 3.38. The Balaban J connectivity index is 1.71. The van der Waals surface area contributed by atoms with Crippen molar-refractivity contribution >= 4 is 35.2 Å². The zero-order valence-corrected chi connectivity index (χ0v) is 24.9. The summed E-state index contributed by atoms with van der Waals surface area (Å²) in [6.07, 6.45) is -6.16. The lowest BCUT2D eigenvalue weighted by Gasteiger charge is -2.44. The second-order valence-corrected chi connectivity index (χ2v) is 11.2. The van der Waals surface area contributed by atoms with Crippen LogP contribution in [0.4, 0.5) is 8.78 Å². The van der Waals surface area contributed by atoms with Crippen LogP contribution in [0, 0.1) is 18.6 Å². The van der Waals surface area contributed by atoms with Gasteiger partial charge in [-0.2, -0.15) is 0 Å². The van der Waals surface area contributed by atoms with Crippen LogP contribution in [0.1, 0.15) is 55.4 Å². The first-order valence-corrected chi connectivity index (χ1v) is 14.1. The summed E-state index contributed by atoms with van der Waals surface area (Å²) in [5.74, 6) is -4.82. The summed E-state index contributed by atoms with van der Waals surface area (Å²) in [4.78, 5) is 49.8. The number of carbonyl (C=O) groups excluding carboxylic acids is 4. The van der Waals surface area contributed by atoms with Crippen molar-refractivity contribution in [2.75, 3.05) is 0 Å². The predicted octanol–water partition coefficient (Wildman–Crippen LogP) is 5.35. The van der Waals surface area contributed by atoms with Gasteiger partial charge in [0.15, 0.2) is 23.8 Å². The highest BCUT2D eigenvalue weighted by molar-refractivity contribution is 7.15. The second-order valence-electron chi connectivity index (χ2n) is 10.0. The number of ether oxygens (including phenoxy) is 5. The lowest BCUT2D eigenvalue weighted by molar-refractivity contribution is -0.298. The summed E-state index contributed by atoms with van der Waals surface area (Å²) in [6, 6.07) is 12.9. The molecule has 1 aliphatic heterocycles. The fraction of sp³-hybridized carbons (Fsp3) is 0.355. The number of esters is 4. The Labute approximate surface area is 250 Å². The number of thiophene rings is 1. The van der Waals surface area contributed by atoms with Gasteiger partial charge < -0.3 is 23.7 Å². The van der Waals surface area contributed by atoms with Crippen LogP contribution in [0.2, 0.25) is 0 Å². The summed E-state index contributed by atoms with van der Waals surface area (Å²) in [5.41, 5.74) is 2.87. The minimum absolute atomic E-state index is 0.468. The number of carbonyl (C=O) groups is 4. The summed E-state index contributed by atoms with van der Waals surface area (Å²) in [5, 5.41) is 0. The molecule has 0 N–H and O–H groups in total. The van der Waals surface area contributed by atoms with Crippen LogP contribution in [0.15, 0.2) is 48.5 Å². The molecule has 0 bridgehead atoms. The van der Waals surface area contributed by atoms with E-state index < -0.39 is 66.2 Å². The summed E-state index contributed by atoms with van der Waals surface area (Å²) < 4.78 is 55.0. The number of rotatable bonds is 8. The quantitative estimate of drug-likeness (QED) is 0.244. The highest BCUT2D eigenvalue weighted by Crippen LogP contribution is 2.39. The molecule has 1 aromatic heterocycles. The van der Waals surface area contributed by atoms with Crippen LogP contribution >= 0.6 is 11.3 Å². The Morgan fingerprint density at radius 3 is 2.00 bits per heavy atom. The number of hydrogen-bond donors (Lipinski definition) is 0. The Morgan fingerprint density at radius 1 is 0.744 bits per heavy atom. The maximum atomic E-state index is 13.8. The molecule has 3 aromatic rings. The predicted molar refractivity (Wildman–Crippen MR) is 150 cm³/mol. The number of aryl methyl sites for hydroxylation is 1. The smallest absolute Gasteiger partial charge is 0.305 e. The summed E-state index contributed by atoms with van der Waals surface area (Å²) in [6.45, 7) is 6.48. The van der Waals surface area contributed by atoms with Gasteiger partial charge in [-0.15, -0.1) is 11.3 Å². The monoisotopic (exact) mass is 616 g/mol. The van der Waals surface area contributed by atoms with Crippen molar-refractivity contribution in [1.29, 1.82) is 0 Å². The molecule has 2 unspecified atom stereocenters. The third-order valence-electron chi connectivity index (χ3n) is 6.62. The van der Waals surface area contributed by atoms with Gasteiger partial charge in [0, 0.05) is 43.9 Å². The van der Waals surface area contributed by atoms with E-state index in [9.17, 15) is 28.0 Å². The molecule has 12 heteroatoms. The van der Waals surface area contributed by atoms with Crippen molar-refractivity contribution in [3.63, 3.8) is 0 Å². The van der Waals surface area contributed by atoms with E-state index in [2.05, 4.69) is 0 Å². The maximum Gasteiger partial charge on any atom is 0.305 e. The first-order valence-electron chi connectivity index (χ1n) is 13.3. The molecule has 1 fully saturated rings. The van der Waals surface area contributed by atoms with Gasteiger partial charge in [0.1, 0.15) is 6.10 Å². The van der Waals surface area contributed by atoms with Crippen LogP contribution in [0.3, 0.4) is 0 Å². The first-order chi connectivity index (χ1) is 20.3. The fourth-order valence-corrected chi connectivity index (χ4v) is 5.85. The lowest BCUT2D eigenvalue weighted by Crippen LogP contribution is -2.59. The van der Waals surface area contributed by atoms with E-state index in [0.29, 0.717) is 17.5 Å². The standard InChI is InChI=1S/C31H30F2O9S/c1-15-6-7-21(12-22(15)13-23-9-11-26(43-23)20-8-10-24(32)25(33)14-20)27-28(38-16(2)34)29(39-17(3)35)30(40-18(4)36)31(42-27)41-19(5)37/h6-12,14,27-31H,13H2,1-5H3/t27?,28-,29?,30-,31-/m0/s1. The largest absolute Gasteiger partial charge is 0.455 e. The highest BCUT2D eigenvalue weighted by Gasteiger charge is 2.53. The molecule has 0 radical (unpaired) electrons. The second kappa shape index (κ2) is 13.4. The van der Waals surface area contributed by atoms with Gasteiger partial charge in [0.25, 0.3) is 0 Å². The summed E-state index contributed by atoms with van der Waals surface area (Å²) in [7, 11) is 0. The maximum absolute atomic E-state index is 13.8.